The molecule has 1 atom stereocenters. The zero-order valence-corrected chi connectivity index (χ0v) is 18.2. The summed E-state index contributed by atoms with van der Waals surface area (Å²) in [6, 6.07) is 0. The highest BCUT2D eigenvalue weighted by molar-refractivity contribution is 5.77. The van der Waals surface area contributed by atoms with E-state index in [0.717, 1.165) is 12.8 Å². The van der Waals surface area contributed by atoms with Crippen LogP contribution in [0.5, 0.6) is 0 Å². The molecule has 170 valence electrons. The minimum absolute atomic E-state index is 0.0694. The Labute approximate surface area is 171 Å². The van der Waals surface area contributed by atoms with Crippen LogP contribution in [0.3, 0.4) is 0 Å². The summed E-state index contributed by atoms with van der Waals surface area (Å²) >= 11 is 0. The van der Waals surface area contributed by atoms with E-state index in [1.54, 1.807) is 11.8 Å². The summed E-state index contributed by atoms with van der Waals surface area (Å²) in [5, 5.41) is 34.3. The van der Waals surface area contributed by atoms with E-state index in [2.05, 4.69) is 6.92 Å². The van der Waals surface area contributed by atoms with Gasteiger partial charge in [-0.15, -0.1) is 0 Å². The van der Waals surface area contributed by atoms with E-state index < -0.39 is 11.5 Å². The van der Waals surface area contributed by atoms with E-state index in [0.29, 0.717) is 26.1 Å². The molecule has 7 nitrogen and oxygen atoms in total. The third kappa shape index (κ3) is 20.0. The molecule has 0 aliphatic heterocycles. The second kappa shape index (κ2) is 21.0. The Balaban J connectivity index is 0. The number of aliphatic carboxylic acids is 1. The van der Waals surface area contributed by atoms with Gasteiger partial charge in [-0.1, -0.05) is 71.1 Å². The van der Waals surface area contributed by atoms with Crippen molar-refractivity contribution in [3.63, 3.8) is 0 Å². The molecule has 0 aromatic heterocycles. The number of aliphatic hydroxyl groups excluding tert-OH is 3. The molecule has 7 heteroatoms. The number of nitrogens with two attached hydrogens (primary N) is 1. The van der Waals surface area contributed by atoms with Crippen LogP contribution in [-0.2, 0) is 4.79 Å². The maximum absolute atomic E-state index is 10.8. The lowest BCUT2D eigenvalue weighted by Gasteiger charge is -2.18. The summed E-state index contributed by atoms with van der Waals surface area (Å²) in [5.74, 6) is -0.890. The van der Waals surface area contributed by atoms with Gasteiger partial charge in [-0.3, -0.25) is 9.69 Å². The van der Waals surface area contributed by atoms with E-state index >= 15 is 0 Å². The molecule has 0 aliphatic carbocycles. The second-order valence-corrected chi connectivity index (χ2v) is 7.67. The van der Waals surface area contributed by atoms with E-state index in [9.17, 15) is 4.79 Å². The molecule has 28 heavy (non-hydrogen) atoms. The Hall–Kier alpha value is -0.730. The van der Waals surface area contributed by atoms with Crippen LogP contribution in [0.2, 0.25) is 0 Å². The molecule has 0 aliphatic rings. The van der Waals surface area contributed by atoms with Crippen molar-refractivity contribution in [2.24, 2.45) is 5.73 Å². The van der Waals surface area contributed by atoms with Crippen molar-refractivity contribution < 1.29 is 25.2 Å². The average molecular weight is 407 g/mol. The number of nitrogens with zero attached hydrogens (tertiary/aromatic N) is 1. The minimum atomic E-state index is -1.04. The van der Waals surface area contributed by atoms with E-state index in [-0.39, 0.29) is 19.8 Å². The quantitative estimate of drug-likeness (QED) is 0.221. The predicted octanol–water partition coefficient (Wildman–Crippen LogP) is 2.36. The molecular weight excluding hydrogens is 360 g/mol. The number of hydrogen-bond donors (Lipinski definition) is 5. The highest BCUT2D eigenvalue weighted by Gasteiger charge is 2.26. The van der Waals surface area contributed by atoms with Crippen molar-refractivity contribution in [1.29, 1.82) is 0 Å². The molecule has 6 N–H and O–H groups in total. The number of rotatable bonds is 18. The first-order valence-electron chi connectivity index (χ1n) is 10.9. The molecule has 0 spiro atoms. The van der Waals surface area contributed by atoms with Gasteiger partial charge in [-0.05, 0) is 13.3 Å². The first-order chi connectivity index (χ1) is 13.4. The number of unbranched alkanes of at least 4 members (excludes halogenated alkanes) is 9. The van der Waals surface area contributed by atoms with Crippen LogP contribution in [0, 0.1) is 0 Å². The molecule has 0 amide bonds. The van der Waals surface area contributed by atoms with Crippen molar-refractivity contribution in [3.8, 4) is 0 Å². The SMILES string of the molecule is CCCCCCCCCCCCC(C)(N)C(=O)O.OCCN(CCO)CCO. The maximum atomic E-state index is 10.8. The monoisotopic (exact) mass is 406 g/mol. The zero-order chi connectivity index (χ0) is 21.7. The van der Waals surface area contributed by atoms with E-state index in [4.69, 9.17) is 26.2 Å². The molecular formula is C21H46N2O5. The van der Waals surface area contributed by atoms with E-state index in [1.807, 2.05) is 0 Å². The van der Waals surface area contributed by atoms with Crippen LogP contribution in [0.4, 0.5) is 0 Å². The summed E-state index contributed by atoms with van der Waals surface area (Å²) < 4.78 is 0. The second-order valence-electron chi connectivity index (χ2n) is 7.67. The van der Waals surface area contributed by atoms with Crippen molar-refractivity contribution >= 4 is 5.97 Å². The molecule has 0 saturated heterocycles. The van der Waals surface area contributed by atoms with Gasteiger partial charge in [0.1, 0.15) is 5.54 Å². The fourth-order valence-electron chi connectivity index (χ4n) is 2.85. The van der Waals surface area contributed by atoms with Crippen molar-refractivity contribution in [2.75, 3.05) is 39.5 Å². The molecule has 0 bridgehead atoms. The van der Waals surface area contributed by atoms with E-state index in [1.165, 1.54) is 51.4 Å². The number of aliphatic hydroxyl groups is 3. The fourth-order valence-corrected chi connectivity index (χ4v) is 2.85. The van der Waals surface area contributed by atoms with Gasteiger partial charge in [0.05, 0.1) is 19.8 Å². The first kappa shape index (κ1) is 29.5. The van der Waals surface area contributed by atoms with Gasteiger partial charge in [0.2, 0.25) is 0 Å². The summed E-state index contributed by atoms with van der Waals surface area (Å²) in [6.45, 7) is 5.59. The molecule has 0 heterocycles. The number of carbonyl (C=O) groups is 1. The maximum Gasteiger partial charge on any atom is 0.323 e. The number of carboxylic acids is 1. The summed E-state index contributed by atoms with van der Waals surface area (Å²) in [6.07, 6.45) is 13.2. The van der Waals surface area contributed by atoms with Crippen molar-refractivity contribution in [1.82, 2.24) is 4.90 Å². The zero-order valence-electron chi connectivity index (χ0n) is 18.2. The van der Waals surface area contributed by atoms with Gasteiger partial charge >= 0.3 is 5.97 Å². The van der Waals surface area contributed by atoms with Crippen LogP contribution in [-0.4, -0.2) is 76.3 Å². The van der Waals surface area contributed by atoms with Crippen LogP contribution >= 0.6 is 0 Å². The van der Waals surface area contributed by atoms with Gasteiger partial charge in [-0.25, -0.2) is 0 Å². The molecule has 1 unspecified atom stereocenters. The average Bonchev–Trinajstić information content (AvgIpc) is 2.64. The Kier molecular flexibility index (Phi) is 22.1. The van der Waals surface area contributed by atoms with Crippen molar-refractivity contribution in [3.05, 3.63) is 0 Å². The molecule has 0 rings (SSSR count). The number of hydrogen-bond acceptors (Lipinski definition) is 6. The van der Waals surface area contributed by atoms with Gasteiger partial charge in [0.15, 0.2) is 0 Å². The van der Waals surface area contributed by atoms with Gasteiger partial charge in [-0.2, -0.15) is 0 Å². The molecule has 0 aromatic carbocycles. The molecule has 0 aromatic rings. The minimum Gasteiger partial charge on any atom is -0.480 e. The third-order valence-corrected chi connectivity index (χ3v) is 4.79. The van der Waals surface area contributed by atoms with Crippen molar-refractivity contribution in [2.45, 2.75) is 90.0 Å². The fraction of sp³-hybridized carbons (Fsp3) is 0.952. The van der Waals surface area contributed by atoms with Crippen LogP contribution in [0.25, 0.3) is 0 Å². The standard InChI is InChI=1S/C15H31NO2.C6H15NO3/c1-3-4-5-6-7-8-9-10-11-12-13-15(2,16)14(17)18;8-4-1-7(2-5-9)3-6-10/h3-13,16H2,1-2H3,(H,17,18);8-10H,1-6H2. The summed E-state index contributed by atoms with van der Waals surface area (Å²) in [4.78, 5) is 12.6. The van der Waals surface area contributed by atoms with Gasteiger partial charge < -0.3 is 26.2 Å². The summed E-state index contributed by atoms with van der Waals surface area (Å²) in [5.41, 5.74) is 4.63. The smallest absolute Gasteiger partial charge is 0.323 e. The number of carboxylic acid groups (broad SMARTS) is 1. The van der Waals surface area contributed by atoms with Crippen LogP contribution in [0.15, 0.2) is 0 Å². The van der Waals surface area contributed by atoms with Crippen LogP contribution in [0.1, 0.15) is 84.5 Å². The lowest BCUT2D eigenvalue weighted by molar-refractivity contribution is -0.142. The lowest BCUT2D eigenvalue weighted by atomic mass is 9.95. The van der Waals surface area contributed by atoms with Crippen LogP contribution < -0.4 is 5.73 Å². The highest BCUT2D eigenvalue weighted by atomic mass is 16.4. The normalized spacial score (nSPS) is 13.1. The molecule has 0 radical (unpaired) electrons. The Morgan fingerprint density at radius 3 is 1.46 bits per heavy atom. The van der Waals surface area contributed by atoms with Gasteiger partial charge in [0.25, 0.3) is 0 Å². The molecule has 0 saturated carbocycles. The topological polar surface area (TPSA) is 127 Å². The third-order valence-electron chi connectivity index (χ3n) is 4.79. The lowest BCUT2D eigenvalue weighted by Crippen LogP contribution is -2.44. The first-order valence-corrected chi connectivity index (χ1v) is 10.9. The molecule has 0 fully saturated rings. The summed E-state index contributed by atoms with van der Waals surface area (Å²) in [7, 11) is 0. The van der Waals surface area contributed by atoms with Gasteiger partial charge in [0, 0.05) is 19.6 Å². The Bertz CT molecular complexity index is 326. The Morgan fingerprint density at radius 2 is 1.14 bits per heavy atom. The highest BCUT2D eigenvalue weighted by Crippen LogP contribution is 2.15. The predicted molar refractivity (Wildman–Crippen MR) is 114 cm³/mol. The largest absolute Gasteiger partial charge is 0.480 e. The Morgan fingerprint density at radius 1 is 0.786 bits per heavy atom.